The van der Waals surface area contributed by atoms with Crippen LogP contribution in [0.5, 0.6) is 23.0 Å². The first-order valence-corrected chi connectivity index (χ1v) is 8.50. The van der Waals surface area contributed by atoms with Crippen molar-refractivity contribution in [1.29, 1.82) is 0 Å². The second-order valence-corrected chi connectivity index (χ2v) is 5.92. The molecular formula is C23H18O5. The number of hydrogen-bond donors (Lipinski definition) is 0. The Kier molecular flexibility index (Phi) is 5.56. The molecule has 0 heterocycles. The zero-order valence-corrected chi connectivity index (χ0v) is 15.3. The topological polar surface area (TPSA) is 61.8 Å². The highest BCUT2D eigenvalue weighted by Gasteiger charge is 2.19. The summed E-state index contributed by atoms with van der Waals surface area (Å²) in [5.74, 6) is 0.00508. The van der Waals surface area contributed by atoms with Crippen molar-refractivity contribution in [2.75, 3.05) is 0 Å². The molecule has 0 aliphatic carbocycles. The standard InChI is InChI=1S/C23H18O5/c1-4-21(24)27-19-14-20(26-16-9-7-6-8-10-16)23(28-22(25)5-2)17-12-11-15(3)13-18(17)19/h4-14H,1-2H2,3H3. The van der Waals surface area contributed by atoms with Crippen LogP contribution in [-0.2, 0) is 9.59 Å². The summed E-state index contributed by atoms with van der Waals surface area (Å²) in [5, 5.41) is 1.16. The first-order valence-electron chi connectivity index (χ1n) is 8.50. The summed E-state index contributed by atoms with van der Waals surface area (Å²) in [7, 11) is 0. The number of ether oxygens (including phenoxy) is 3. The minimum absolute atomic E-state index is 0.210. The van der Waals surface area contributed by atoms with E-state index in [0.29, 0.717) is 16.5 Å². The molecule has 0 amide bonds. The summed E-state index contributed by atoms with van der Waals surface area (Å²) in [6, 6.07) is 16.0. The molecule has 3 aromatic rings. The number of para-hydroxylation sites is 1. The molecule has 0 N–H and O–H groups in total. The number of fused-ring (bicyclic) bond motifs is 1. The zero-order chi connectivity index (χ0) is 20.1. The van der Waals surface area contributed by atoms with Crippen LogP contribution in [0, 0.1) is 6.92 Å². The van der Waals surface area contributed by atoms with Crippen molar-refractivity contribution in [2.45, 2.75) is 6.92 Å². The van der Waals surface area contributed by atoms with Gasteiger partial charge in [-0.25, -0.2) is 9.59 Å². The van der Waals surface area contributed by atoms with E-state index in [1.54, 1.807) is 18.2 Å². The summed E-state index contributed by atoms with van der Waals surface area (Å²) in [4.78, 5) is 23.7. The molecule has 0 bridgehead atoms. The molecule has 0 saturated carbocycles. The normalized spacial score (nSPS) is 10.2. The third-order valence-electron chi connectivity index (χ3n) is 3.89. The van der Waals surface area contributed by atoms with Crippen molar-refractivity contribution >= 4 is 22.7 Å². The molecule has 0 fully saturated rings. The van der Waals surface area contributed by atoms with E-state index in [4.69, 9.17) is 14.2 Å². The Labute approximate surface area is 162 Å². The Bertz CT molecular complexity index is 1070. The molecule has 0 radical (unpaired) electrons. The van der Waals surface area contributed by atoms with Crippen LogP contribution in [0.2, 0.25) is 0 Å². The number of benzene rings is 3. The van der Waals surface area contributed by atoms with Crippen molar-refractivity contribution in [2.24, 2.45) is 0 Å². The van der Waals surface area contributed by atoms with Gasteiger partial charge in [-0.1, -0.05) is 49.1 Å². The summed E-state index contributed by atoms with van der Waals surface area (Å²) in [6.07, 6.45) is 2.14. The molecule has 0 aromatic heterocycles. The molecule has 0 aliphatic heterocycles. The lowest BCUT2D eigenvalue weighted by atomic mass is 10.0. The molecule has 0 unspecified atom stereocenters. The summed E-state index contributed by atoms with van der Waals surface area (Å²) in [5.41, 5.74) is 0.945. The van der Waals surface area contributed by atoms with E-state index in [1.807, 2.05) is 37.3 Å². The van der Waals surface area contributed by atoms with Crippen LogP contribution < -0.4 is 14.2 Å². The Morgan fingerprint density at radius 3 is 2.18 bits per heavy atom. The zero-order valence-electron chi connectivity index (χ0n) is 15.3. The van der Waals surface area contributed by atoms with E-state index in [2.05, 4.69) is 13.2 Å². The highest BCUT2D eigenvalue weighted by Crippen LogP contribution is 2.44. The molecule has 0 spiro atoms. The Morgan fingerprint density at radius 1 is 0.821 bits per heavy atom. The number of rotatable bonds is 6. The summed E-state index contributed by atoms with van der Waals surface area (Å²) < 4.78 is 16.8. The Morgan fingerprint density at radius 2 is 1.50 bits per heavy atom. The van der Waals surface area contributed by atoms with Gasteiger partial charge in [0.15, 0.2) is 11.5 Å². The maximum Gasteiger partial charge on any atom is 0.335 e. The monoisotopic (exact) mass is 374 g/mol. The van der Waals surface area contributed by atoms with Crippen molar-refractivity contribution < 1.29 is 23.8 Å². The van der Waals surface area contributed by atoms with E-state index < -0.39 is 11.9 Å². The van der Waals surface area contributed by atoms with E-state index in [0.717, 1.165) is 17.7 Å². The molecule has 5 nitrogen and oxygen atoms in total. The Hall–Kier alpha value is -3.86. The minimum Gasteiger partial charge on any atom is -0.453 e. The molecule has 3 aromatic carbocycles. The van der Waals surface area contributed by atoms with Gasteiger partial charge in [0, 0.05) is 29.0 Å². The maximum absolute atomic E-state index is 11.9. The average Bonchev–Trinajstić information content (AvgIpc) is 2.71. The average molecular weight is 374 g/mol. The van der Waals surface area contributed by atoms with Crippen LogP contribution in [0.1, 0.15) is 5.56 Å². The fourth-order valence-electron chi connectivity index (χ4n) is 2.63. The quantitative estimate of drug-likeness (QED) is 0.340. The van der Waals surface area contributed by atoms with E-state index in [-0.39, 0.29) is 17.2 Å². The second kappa shape index (κ2) is 8.22. The van der Waals surface area contributed by atoms with Crippen LogP contribution in [0.3, 0.4) is 0 Å². The van der Waals surface area contributed by atoms with Gasteiger partial charge in [0.05, 0.1) is 0 Å². The molecule has 0 saturated heterocycles. The Balaban J connectivity index is 2.24. The minimum atomic E-state index is -0.629. The third kappa shape index (κ3) is 4.10. The lowest BCUT2D eigenvalue weighted by Gasteiger charge is -2.16. The largest absolute Gasteiger partial charge is 0.453 e. The van der Waals surface area contributed by atoms with Crippen LogP contribution in [0.25, 0.3) is 10.8 Å². The van der Waals surface area contributed by atoms with Crippen molar-refractivity contribution in [3.05, 3.63) is 85.5 Å². The molecule has 0 atom stereocenters. The summed E-state index contributed by atoms with van der Waals surface area (Å²) in [6.45, 7) is 8.77. The van der Waals surface area contributed by atoms with E-state index in [9.17, 15) is 9.59 Å². The molecular weight excluding hydrogens is 356 g/mol. The number of carbonyl (C=O) groups is 2. The van der Waals surface area contributed by atoms with Crippen LogP contribution >= 0.6 is 0 Å². The van der Waals surface area contributed by atoms with Crippen LogP contribution in [-0.4, -0.2) is 11.9 Å². The van der Waals surface area contributed by atoms with Crippen LogP contribution in [0.4, 0.5) is 0 Å². The fraction of sp³-hybridized carbons (Fsp3) is 0.0435. The highest BCUT2D eigenvalue weighted by molar-refractivity contribution is 6.00. The molecule has 28 heavy (non-hydrogen) atoms. The lowest BCUT2D eigenvalue weighted by Crippen LogP contribution is -2.07. The van der Waals surface area contributed by atoms with E-state index in [1.165, 1.54) is 6.07 Å². The second-order valence-electron chi connectivity index (χ2n) is 5.92. The third-order valence-corrected chi connectivity index (χ3v) is 3.89. The number of hydrogen-bond acceptors (Lipinski definition) is 5. The fourth-order valence-corrected chi connectivity index (χ4v) is 2.63. The van der Waals surface area contributed by atoms with Crippen LogP contribution in [0.15, 0.2) is 79.9 Å². The predicted molar refractivity (Wildman–Crippen MR) is 107 cm³/mol. The molecule has 0 aliphatic rings. The first-order chi connectivity index (χ1) is 13.5. The van der Waals surface area contributed by atoms with Gasteiger partial charge in [-0.05, 0) is 25.1 Å². The van der Waals surface area contributed by atoms with E-state index >= 15 is 0 Å². The SMILES string of the molecule is C=CC(=O)Oc1cc(Oc2ccccc2)c(OC(=O)C=C)c2ccc(C)cc12. The number of carbonyl (C=O) groups excluding carboxylic acids is 2. The van der Waals surface area contributed by atoms with Gasteiger partial charge in [0.1, 0.15) is 11.5 Å². The van der Waals surface area contributed by atoms with Gasteiger partial charge in [0.2, 0.25) is 0 Å². The maximum atomic E-state index is 11.9. The van der Waals surface area contributed by atoms with Crippen molar-refractivity contribution in [3.63, 3.8) is 0 Å². The van der Waals surface area contributed by atoms with Gasteiger partial charge in [-0.15, -0.1) is 0 Å². The summed E-state index contributed by atoms with van der Waals surface area (Å²) >= 11 is 0. The lowest BCUT2D eigenvalue weighted by molar-refractivity contribution is -0.130. The van der Waals surface area contributed by atoms with Crippen molar-refractivity contribution in [3.8, 4) is 23.0 Å². The first kappa shape index (κ1) is 18.9. The number of esters is 2. The predicted octanol–water partition coefficient (Wildman–Crippen LogP) is 5.12. The van der Waals surface area contributed by atoms with Crippen molar-refractivity contribution in [1.82, 2.24) is 0 Å². The molecule has 5 heteroatoms. The molecule has 140 valence electrons. The van der Waals surface area contributed by atoms with Gasteiger partial charge in [0.25, 0.3) is 0 Å². The molecule has 3 rings (SSSR count). The van der Waals surface area contributed by atoms with Gasteiger partial charge in [-0.2, -0.15) is 0 Å². The van der Waals surface area contributed by atoms with Gasteiger partial charge >= 0.3 is 11.9 Å². The highest BCUT2D eigenvalue weighted by atomic mass is 16.6. The number of aryl methyl sites for hydroxylation is 1. The van der Waals surface area contributed by atoms with Gasteiger partial charge < -0.3 is 14.2 Å². The smallest absolute Gasteiger partial charge is 0.335 e. The van der Waals surface area contributed by atoms with Gasteiger partial charge in [-0.3, -0.25) is 0 Å².